The van der Waals surface area contributed by atoms with E-state index in [1.165, 1.54) is 42.7 Å². The van der Waals surface area contributed by atoms with Gasteiger partial charge < -0.3 is 10.6 Å². The van der Waals surface area contributed by atoms with Gasteiger partial charge in [-0.2, -0.15) is 0 Å². The predicted molar refractivity (Wildman–Crippen MR) is 79.1 cm³/mol. The van der Waals surface area contributed by atoms with Crippen molar-refractivity contribution in [2.75, 3.05) is 5.32 Å². The summed E-state index contributed by atoms with van der Waals surface area (Å²) in [6.07, 6.45) is 4.78. The van der Waals surface area contributed by atoms with Crippen molar-refractivity contribution in [3.8, 4) is 0 Å². The number of halogens is 1. The van der Waals surface area contributed by atoms with Crippen molar-refractivity contribution in [1.29, 1.82) is 0 Å². The summed E-state index contributed by atoms with van der Waals surface area (Å²) in [5, 5.41) is 5.47. The molecule has 0 aliphatic heterocycles. The summed E-state index contributed by atoms with van der Waals surface area (Å²) >= 11 is 0. The van der Waals surface area contributed by atoms with Gasteiger partial charge in [0.25, 0.3) is 11.8 Å². The van der Waals surface area contributed by atoms with Gasteiger partial charge in [-0.15, -0.1) is 0 Å². The van der Waals surface area contributed by atoms with E-state index in [1.807, 2.05) is 0 Å². The van der Waals surface area contributed by atoms with Crippen molar-refractivity contribution in [1.82, 2.24) is 10.3 Å². The summed E-state index contributed by atoms with van der Waals surface area (Å²) < 4.78 is 12.8. The van der Waals surface area contributed by atoms with E-state index in [4.69, 9.17) is 0 Å². The molecule has 1 aromatic carbocycles. The highest BCUT2D eigenvalue weighted by Crippen LogP contribution is 2.19. The average Bonchev–Trinajstić information content (AvgIpc) is 3.33. The molecule has 2 aromatic rings. The van der Waals surface area contributed by atoms with E-state index >= 15 is 0 Å². The lowest BCUT2D eigenvalue weighted by Gasteiger charge is -2.07. The first-order valence-electron chi connectivity index (χ1n) is 6.94. The summed E-state index contributed by atoms with van der Waals surface area (Å²) in [5.41, 5.74) is 1.09. The van der Waals surface area contributed by atoms with Crippen LogP contribution in [0.2, 0.25) is 0 Å². The fraction of sp³-hybridized carbons (Fsp3) is 0.188. The Morgan fingerprint density at radius 2 is 1.68 bits per heavy atom. The van der Waals surface area contributed by atoms with Crippen molar-refractivity contribution >= 4 is 17.5 Å². The molecule has 1 aliphatic carbocycles. The summed E-state index contributed by atoms with van der Waals surface area (Å²) in [4.78, 5) is 28.0. The molecule has 1 heterocycles. The molecule has 1 saturated carbocycles. The third-order valence-corrected chi connectivity index (χ3v) is 3.28. The van der Waals surface area contributed by atoms with Gasteiger partial charge in [0.15, 0.2) is 0 Å². The maximum Gasteiger partial charge on any atom is 0.257 e. The van der Waals surface area contributed by atoms with Crippen molar-refractivity contribution in [3.63, 3.8) is 0 Å². The number of hydrogen-bond donors (Lipinski definition) is 2. The molecule has 0 unspecified atom stereocenters. The van der Waals surface area contributed by atoms with Crippen LogP contribution in [0.3, 0.4) is 0 Å². The third kappa shape index (κ3) is 3.46. The molecular formula is C16H14FN3O2. The van der Waals surface area contributed by atoms with Crippen molar-refractivity contribution in [2.24, 2.45) is 0 Å². The second-order valence-electron chi connectivity index (χ2n) is 5.17. The molecule has 1 aliphatic rings. The molecule has 0 bridgehead atoms. The fourth-order valence-electron chi connectivity index (χ4n) is 1.92. The number of benzene rings is 1. The van der Waals surface area contributed by atoms with Crippen LogP contribution < -0.4 is 10.6 Å². The quantitative estimate of drug-likeness (QED) is 0.910. The minimum atomic E-state index is -0.403. The molecule has 0 atom stereocenters. The molecule has 1 aromatic heterocycles. The number of aromatic nitrogens is 1. The Morgan fingerprint density at radius 1 is 1.05 bits per heavy atom. The molecule has 22 heavy (non-hydrogen) atoms. The lowest BCUT2D eigenvalue weighted by atomic mass is 10.2. The monoisotopic (exact) mass is 299 g/mol. The topological polar surface area (TPSA) is 71.1 Å². The van der Waals surface area contributed by atoms with E-state index < -0.39 is 5.91 Å². The van der Waals surface area contributed by atoms with Crippen LogP contribution >= 0.6 is 0 Å². The van der Waals surface area contributed by atoms with Crippen LogP contribution in [-0.4, -0.2) is 22.8 Å². The molecule has 3 rings (SSSR count). The van der Waals surface area contributed by atoms with Gasteiger partial charge in [-0.05, 0) is 43.2 Å². The standard InChI is InChI=1S/C16H14FN3O2/c17-12-1-3-13(4-2-12)19-15(21)10-7-11(9-18-8-10)16(22)20-14-5-6-14/h1-4,7-9,14H,5-6H2,(H,19,21)(H,20,22). The van der Waals surface area contributed by atoms with Crippen molar-refractivity contribution < 1.29 is 14.0 Å². The summed E-state index contributed by atoms with van der Waals surface area (Å²) in [6.45, 7) is 0. The fourth-order valence-corrected chi connectivity index (χ4v) is 1.92. The van der Waals surface area contributed by atoms with Gasteiger partial charge in [-0.25, -0.2) is 4.39 Å². The highest BCUT2D eigenvalue weighted by Gasteiger charge is 2.24. The van der Waals surface area contributed by atoms with E-state index in [0.717, 1.165) is 12.8 Å². The highest BCUT2D eigenvalue weighted by molar-refractivity contribution is 6.05. The zero-order valence-electron chi connectivity index (χ0n) is 11.7. The summed E-state index contributed by atoms with van der Waals surface area (Å²) in [5.74, 6) is -1.01. The van der Waals surface area contributed by atoms with E-state index in [-0.39, 0.29) is 23.3 Å². The molecule has 6 heteroatoms. The maximum atomic E-state index is 12.8. The van der Waals surface area contributed by atoms with Crippen molar-refractivity contribution in [2.45, 2.75) is 18.9 Å². The van der Waals surface area contributed by atoms with E-state index in [0.29, 0.717) is 11.3 Å². The second kappa shape index (κ2) is 5.93. The molecule has 1 fully saturated rings. The van der Waals surface area contributed by atoms with Gasteiger partial charge in [0.2, 0.25) is 0 Å². The van der Waals surface area contributed by atoms with Crippen LogP contribution in [0.25, 0.3) is 0 Å². The SMILES string of the molecule is O=C(Nc1ccc(F)cc1)c1cncc(C(=O)NC2CC2)c1. The Morgan fingerprint density at radius 3 is 2.32 bits per heavy atom. The first kappa shape index (κ1) is 14.2. The minimum Gasteiger partial charge on any atom is -0.349 e. The first-order chi connectivity index (χ1) is 10.6. The molecule has 2 amide bonds. The molecule has 5 nitrogen and oxygen atoms in total. The number of pyridine rings is 1. The minimum absolute atomic E-state index is 0.230. The Kier molecular flexibility index (Phi) is 3.82. The molecule has 0 spiro atoms. The number of amides is 2. The van der Waals surface area contributed by atoms with Gasteiger partial charge in [0, 0.05) is 24.1 Å². The predicted octanol–water partition coefficient (Wildman–Crippen LogP) is 2.37. The Balaban J connectivity index is 1.71. The number of carbonyl (C=O) groups excluding carboxylic acids is 2. The van der Waals surface area contributed by atoms with E-state index in [9.17, 15) is 14.0 Å². The van der Waals surface area contributed by atoms with Crippen LogP contribution in [0.1, 0.15) is 33.6 Å². The Labute approximate surface area is 126 Å². The molecule has 2 N–H and O–H groups in total. The zero-order valence-corrected chi connectivity index (χ0v) is 11.7. The average molecular weight is 299 g/mol. The van der Waals surface area contributed by atoms with Crippen LogP contribution in [0.5, 0.6) is 0 Å². The Hall–Kier alpha value is -2.76. The molecular weight excluding hydrogens is 285 g/mol. The number of carbonyl (C=O) groups is 2. The van der Waals surface area contributed by atoms with Crippen LogP contribution in [0, 0.1) is 5.82 Å². The Bertz CT molecular complexity index is 712. The van der Waals surface area contributed by atoms with Crippen LogP contribution in [0.15, 0.2) is 42.7 Å². The maximum absolute atomic E-state index is 12.8. The zero-order chi connectivity index (χ0) is 15.5. The number of hydrogen-bond acceptors (Lipinski definition) is 3. The molecule has 0 radical (unpaired) electrons. The lowest BCUT2D eigenvalue weighted by molar-refractivity contribution is 0.0950. The molecule has 0 saturated heterocycles. The van der Waals surface area contributed by atoms with E-state index in [1.54, 1.807) is 0 Å². The smallest absolute Gasteiger partial charge is 0.257 e. The molecule has 112 valence electrons. The first-order valence-corrected chi connectivity index (χ1v) is 6.94. The summed E-state index contributed by atoms with van der Waals surface area (Å²) in [7, 11) is 0. The number of rotatable bonds is 4. The van der Waals surface area contributed by atoms with E-state index in [2.05, 4.69) is 15.6 Å². The second-order valence-corrected chi connectivity index (χ2v) is 5.17. The number of nitrogens with one attached hydrogen (secondary N) is 2. The van der Waals surface area contributed by atoms with Gasteiger partial charge in [-0.3, -0.25) is 14.6 Å². The number of nitrogens with zero attached hydrogens (tertiary/aromatic N) is 1. The van der Waals surface area contributed by atoms with Gasteiger partial charge >= 0.3 is 0 Å². The van der Waals surface area contributed by atoms with Crippen LogP contribution in [-0.2, 0) is 0 Å². The largest absolute Gasteiger partial charge is 0.349 e. The lowest BCUT2D eigenvalue weighted by Crippen LogP contribution is -2.26. The summed E-state index contributed by atoms with van der Waals surface area (Å²) in [6, 6.07) is 7.17. The third-order valence-electron chi connectivity index (χ3n) is 3.28. The van der Waals surface area contributed by atoms with Gasteiger partial charge in [0.05, 0.1) is 11.1 Å². The van der Waals surface area contributed by atoms with Crippen molar-refractivity contribution in [3.05, 3.63) is 59.7 Å². The number of anilines is 1. The van der Waals surface area contributed by atoms with Gasteiger partial charge in [0.1, 0.15) is 5.82 Å². The van der Waals surface area contributed by atoms with Gasteiger partial charge in [-0.1, -0.05) is 0 Å². The van der Waals surface area contributed by atoms with Crippen LogP contribution in [0.4, 0.5) is 10.1 Å². The highest BCUT2D eigenvalue weighted by atomic mass is 19.1. The normalized spacial score (nSPS) is 13.5.